The van der Waals surface area contributed by atoms with Gasteiger partial charge in [0.2, 0.25) is 0 Å². The summed E-state index contributed by atoms with van der Waals surface area (Å²) < 4.78 is 0. The summed E-state index contributed by atoms with van der Waals surface area (Å²) in [5.74, 6) is -0.613. The number of allylic oxidation sites excluding steroid dienone is 1. The van der Waals surface area contributed by atoms with E-state index >= 15 is 0 Å². The second-order valence-electron chi connectivity index (χ2n) is 3.20. The molecule has 0 saturated heterocycles. The van der Waals surface area contributed by atoms with Crippen LogP contribution in [0.25, 0.3) is 0 Å². The summed E-state index contributed by atoms with van der Waals surface area (Å²) in [6, 6.07) is 0. The monoisotopic (exact) mass is 211 g/mol. The Morgan fingerprint density at radius 1 is 1.60 bits per heavy atom. The van der Waals surface area contributed by atoms with E-state index in [4.69, 9.17) is 5.41 Å². The molecule has 5 nitrogen and oxygen atoms in total. The highest BCUT2D eigenvalue weighted by atomic mass is 16.6. The largest absolute Gasteiger partial charge is 0.387 e. The number of nitrogens with one attached hydrogen (secondary N) is 2. The Balaban J connectivity index is 3.79. The fourth-order valence-electron chi connectivity index (χ4n) is 0.882. The van der Waals surface area contributed by atoms with Crippen molar-refractivity contribution in [1.82, 2.24) is 5.32 Å². The third-order valence-electron chi connectivity index (χ3n) is 1.72. The van der Waals surface area contributed by atoms with Crippen LogP contribution in [0.3, 0.4) is 0 Å². The van der Waals surface area contributed by atoms with E-state index < -0.39 is 10.8 Å². The third kappa shape index (κ3) is 7.42. The van der Waals surface area contributed by atoms with Gasteiger partial charge in [0.15, 0.2) is 0 Å². The fraction of sp³-hybridized carbons (Fsp3) is 0.500. The Bertz CT molecular complexity index is 282. The molecule has 0 aromatic heterocycles. The molecule has 5 heteroatoms. The minimum atomic E-state index is -0.738. The second kappa shape index (κ2) is 7.73. The number of rotatable bonds is 6. The standard InChI is InChI=1S/C10H17N3O2/c1-3-4-5-9(2)8-12-7-6-10(11)13(14)15/h5-7,11-12H,3-4,8H2,1-2H3/b7-6-,9-5-,11-10?. The molecule has 15 heavy (non-hydrogen) atoms. The van der Waals surface area contributed by atoms with Crippen LogP contribution in [-0.2, 0) is 0 Å². The van der Waals surface area contributed by atoms with Gasteiger partial charge in [0.05, 0.1) is 6.08 Å². The fourth-order valence-corrected chi connectivity index (χ4v) is 0.882. The smallest absolute Gasteiger partial charge is 0.357 e. The summed E-state index contributed by atoms with van der Waals surface area (Å²) in [4.78, 5) is 9.32. The molecule has 0 fully saturated rings. The molecule has 0 aliphatic heterocycles. The van der Waals surface area contributed by atoms with Crippen molar-refractivity contribution in [1.29, 1.82) is 5.41 Å². The Labute approximate surface area is 89.5 Å². The Hall–Kier alpha value is -1.65. The van der Waals surface area contributed by atoms with Gasteiger partial charge in [0, 0.05) is 12.7 Å². The van der Waals surface area contributed by atoms with Crippen LogP contribution in [0.5, 0.6) is 0 Å². The molecule has 0 aliphatic rings. The number of hydrogen-bond acceptors (Lipinski definition) is 4. The van der Waals surface area contributed by atoms with Gasteiger partial charge in [-0.05, 0) is 18.3 Å². The molecule has 0 radical (unpaired) electrons. The van der Waals surface area contributed by atoms with Gasteiger partial charge < -0.3 is 15.4 Å². The molecule has 84 valence electrons. The minimum absolute atomic E-state index is 0.613. The van der Waals surface area contributed by atoms with E-state index in [-0.39, 0.29) is 0 Å². The van der Waals surface area contributed by atoms with E-state index in [9.17, 15) is 10.1 Å². The van der Waals surface area contributed by atoms with E-state index in [1.807, 2.05) is 6.92 Å². The van der Waals surface area contributed by atoms with Gasteiger partial charge in [0.25, 0.3) is 0 Å². The zero-order valence-electron chi connectivity index (χ0n) is 9.12. The maximum atomic E-state index is 10.1. The van der Waals surface area contributed by atoms with Crippen LogP contribution in [0.4, 0.5) is 0 Å². The first-order valence-corrected chi connectivity index (χ1v) is 4.86. The van der Waals surface area contributed by atoms with Crippen LogP contribution in [0.1, 0.15) is 26.7 Å². The van der Waals surface area contributed by atoms with E-state index in [0.29, 0.717) is 6.54 Å². The number of hydrogen-bond donors (Lipinski definition) is 2. The summed E-state index contributed by atoms with van der Waals surface area (Å²) in [5.41, 5.74) is 1.19. The Morgan fingerprint density at radius 3 is 2.80 bits per heavy atom. The molecular weight excluding hydrogens is 194 g/mol. The van der Waals surface area contributed by atoms with E-state index in [1.165, 1.54) is 11.8 Å². The lowest BCUT2D eigenvalue weighted by molar-refractivity contribution is -0.349. The maximum Gasteiger partial charge on any atom is 0.357 e. The van der Waals surface area contributed by atoms with Gasteiger partial charge in [-0.3, -0.25) is 0 Å². The van der Waals surface area contributed by atoms with Gasteiger partial charge >= 0.3 is 5.84 Å². The SMILES string of the molecule is CCC/C=C(/C)CN/C=C\C(=N)[N+](=O)[O-]. The van der Waals surface area contributed by atoms with Crippen molar-refractivity contribution in [2.24, 2.45) is 0 Å². The molecule has 0 amide bonds. The van der Waals surface area contributed by atoms with Gasteiger partial charge in [-0.2, -0.15) is 0 Å². The average Bonchev–Trinajstić information content (AvgIpc) is 2.20. The summed E-state index contributed by atoms with van der Waals surface area (Å²) in [7, 11) is 0. The zero-order valence-corrected chi connectivity index (χ0v) is 9.12. The molecule has 0 aromatic rings. The van der Waals surface area contributed by atoms with Crippen LogP contribution < -0.4 is 5.32 Å². The van der Waals surface area contributed by atoms with Crippen molar-refractivity contribution in [3.63, 3.8) is 0 Å². The highest BCUT2D eigenvalue weighted by molar-refractivity contribution is 5.82. The van der Waals surface area contributed by atoms with Crippen molar-refractivity contribution in [3.05, 3.63) is 34.0 Å². The zero-order chi connectivity index (χ0) is 11.7. The molecule has 0 bridgehead atoms. The number of nitro groups is 1. The topological polar surface area (TPSA) is 79.0 Å². The van der Waals surface area contributed by atoms with Crippen LogP contribution >= 0.6 is 0 Å². The predicted molar refractivity (Wildman–Crippen MR) is 60.5 cm³/mol. The molecule has 0 spiro atoms. The lowest BCUT2D eigenvalue weighted by atomic mass is 10.2. The molecule has 0 saturated carbocycles. The lowest BCUT2D eigenvalue weighted by Crippen LogP contribution is -2.11. The van der Waals surface area contributed by atoms with Crippen LogP contribution in [0, 0.1) is 15.5 Å². The summed E-state index contributed by atoms with van der Waals surface area (Å²) in [6.45, 7) is 4.76. The highest BCUT2D eigenvalue weighted by Crippen LogP contribution is 1.96. The Morgan fingerprint density at radius 2 is 2.27 bits per heavy atom. The van der Waals surface area contributed by atoms with Crippen molar-refractivity contribution < 1.29 is 4.92 Å². The summed E-state index contributed by atoms with van der Waals surface area (Å²) in [6.07, 6.45) is 6.84. The molecule has 0 aromatic carbocycles. The normalized spacial score (nSPS) is 11.7. The van der Waals surface area contributed by atoms with Crippen LogP contribution in [0.2, 0.25) is 0 Å². The van der Waals surface area contributed by atoms with Crippen molar-refractivity contribution in [2.45, 2.75) is 26.7 Å². The maximum absolute atomic E-state index is 10.1. The van der Waals surface area contributed by atoms with Crippen LogP contribution in [-0.4, -0.2) is 17.3 Å². The molecule has 0 rings (SSSR count). The molecule has 0 heterocycles. The van der Waals surface area contributed by atoms with Gasteiger partial charge in [-0.15, -0.1) is 0 Å². The van der Waals surface area contributed by atoms with Gasteiger partial charge in [-0.25, -0.2) is 0 Å². The van der Waals surface area contributed by atoms with Crippen LogP contribution in [0.15, 0.2) is 23.9 Å². The van der Waals surface area contributed by atoms with Gasteiger partial charge in [-0.1, -0.05) is 30.4 Å². The quantitative estimate of drug-likeness (QED) is 0.232. The van der Waals surface area contributed by atoms with E-state index in [2.05, 4.69) is 18.3 Å². The minimum Gasteiger partial charge on any atom is -0.387 e. The number of nitrogens with zero attached hydrogens (tertiary/aromatic N) is 1. The van der Waals surface area contributed by atoms with E-state index in [1.54, 1.807) is 0 Å². The first-order chi connectivity index (χ1) is 7.07. The number of amidine groups is 1. The number of unbranched alkanes of at least 4 members (excludes halogenated alkanes) is 1. The first kappa shape index (κ1) is 13.4. The Kier molecular flexibility index (Phi) is 6.88. The molecule has 0 aliphatic carbocycles. The van der Waals surface area contributed by atoms with Gasteiger partial charge in [0.1, 0.15) is 0 Å². The third-order valence-corrected chi connectivity index (χ3v) is 1.72. The average molecular weight is 211 g/mol. The van der Waals surface area contributed by atoms with Crippen molar-refractivity contribution in [3.8, 4) is 0 Å². The summed E-state index contributed by atoms with van der Waals surface area (Å²) in [5, 5.41) is 19.8. The van der Waals surface area contributed by atoms with E-state index in [0.717, 1.165) is 18.9 Å². The first-order valence-electron chi connectivity index (χ1n) is 4.86. The van der Waals surface area contributed by atoms with Crippen molar-refractivity contribution in [2.75, 3.05) is 6.54 Å². The van der Waals surface area contributed by atoms with Crippen molar-refractivity contribution >= 4 is 5.84 Å². The molecule has 0 atom stereocenters. The molecule has 2 N–H and O–H groups in total. The summed E-state index contributed by atoms with van der Waals surface area (Å²) >= 11 is 0. The molecule has 0 unspecified atom stereocenters. The molecular formula is C10H17N3O2. The highest BCUT2D eigenvalue weighted by Gasteiger charge is 1.99. The predicted octanol–water partition coefficient (Wildman–Crippen LogP) is 2.09. The second-order valence-corrected chi connectivity index (χ2v) is 3.20. The lowest BCUT2D eigenvalue weighted by Gasteiger charge is -2.00.